The number of nitrogens with one attached hydrogen (secondary N) is 1. The predicted molar refractivity (Wildman–Crippen MR) is 80.8 cm³/mol. The van der Waals surface area contributed by atoms with Crippen LogP contribution in [0.2, 0.25) is 0 Å². The third-order valence-corrected chi connectivity index (χ3v) is 3.74. The van der Waals surface area contributed by atoms with Gasteiger partial charge in [-0.25, -0.2) is 0 Å². The van der Waals surface area contributed by atoms with E-state index in [1.165, 1.54) is 18.4 Å². The summed E-state index contributed by atoms with van der Waals surface area (Å²) < 4.78 is 0. The van der Waals surface area contributed by atoms with Crippen molar-refractivity contribution in [3.63, 3.8) is 0 Å². The van der Waals surface area contributed by atoms with Crippen LogP contribution in [-0.4, -0.2) is 10.8 Å². The molecule has 0 fully saturated rings. The van der Waals surface area contributed by atoms with E-state index in [-0.39, 0.29) is 5.78 Å². The zero-order valence-electron chi connectivity index (χ0n) is 12.0. The van der Waals surface area contributed by atoms with E-state index in [4.69, 9.17) is 0 Å². The Kier molecular flexibility index (Phi) is 4.78. The second kappa shape index (κ2) is 6.55. The van der Waals surface area contributed by atoms with Gasteiger partial charge in [0.15, 0.2) is 5.78 Å². The Morgan fingerprint density at radius 3 is 2.74 bits per heavy atom. The maximum atomic E-state index is 12.3. The molecule has 1 N–H and O–H groups in total. The first-order valence-electron chi connectivity index (χ1n) is 7.40. The number of benzene rings is 1. The number of fused-ring (bicyclic) bond motifs is 1. The number of hydrogen-bond acceptors (Lipinski definition) is 1. The van der Waals surface area contributed by atoms with Gasteiger partial charge in [0.2, 0.25) is 0 Å². The maximum Gasteiger partial charge on any atom is 0.165 e. The highest BCUT2D eigenvalue weighted by Crippen LogP contribution is 2.23. The highest BCUT2D eigenvalue weighted by Gasteiger charge is 2.12. The number of unbranched alkanes of at least 4 members (excludes halogenated alkanes) is 3. The minimum atomic E-state index is 0.274. The molecule has 2 nitrogen and oxygen atoms in total. The van der Waals surface area contributed by atoms with E-state index >= 15 is 0 Å². The molecule has 0 bridgehead atoms. The highest BCUT2D eigenvalue weighted by atomic mass is 16.1. The van der Waals surface area contributed by atoms with Crippen LogP contribution in [0.25, 0.3) is 10.9 Å². The second-order valence-electron chi connectivity index (χ2n) is 5.13. The van der Waals surface area contributed by atoms with Gasteiger partial charge in [-0.1, -0.05) is 51.3 Å². The lowest BCUT2D eigenvalue weighted by molar-refractivity contribution is 0.0981. The predicted octanol–water partition coefficient (Wildman–Crippen LogP) is 4.88. The molecule has 1 aromatic carbocycles. The summed E-state index contributed by atoms with van der Waals surface area (Å²) in [6.45, 7) is 4.33. The molecule has 0 radical (unpaired) electrons. The van der Waals surface area contributed by atoms with Crippen LogP contribution in [0.1, 0.15) is 61.9 Å². The summed E-state index contributed by atoms with van der Waals surface area (Å²) in [6, 6.07) is 6.21. The smallest absolute Gasteiger partial charge is 0.165 e. The lowest BCUT2D eigenvalue weighted by Gasteiger charge is -2.01. The lowest BCUT2D eigenvalue weighted by Crippen LogP contribution is -1.97. The molecule has 0 aliphatic rings. The minimum Gasteiger partial charge on any atom is -0.360 e. The molecule has 0 aliphatic carbocycles. The van der Waals surface area contributed by atoms with Crippen molar-refractivity contribution in [2.45, 2.75) is 52.4 Å². The molecule has 2 heteroatoms. The molecule has 0 atom stereocenters. The Morgan fingerprint density at radius 1 is 1.16 bits per heavy atom. The van der Waals surface area contributed by atoms with Gasteiger partial charge < -0.3 is 4.98 Å². The number of rotatable bonds is 7. The lowest BCUT2D eigenvalue weighted by atomic mass is 10.0. The Labute approximate surface area is 115 Å². The van der Waals surface area contributed by atoms with E-state index in [0.29, 0.717) is 6.42 Å². The van der Waals surface area contributed by atoms with E-state index < -0.39 is 0 Å². The van der Waals surface area contributed by atoms with Gasteiger partial charge in [-0.2, -0.15) is 0 Å². The Bertz CT molecular complexity index is 553. The summed E-state index contributed by atoms with van der Waals surface area (Å²) in [5.41, 5.74) is 3.27. The molecule has 2 aromatic rings. The van der Waals surface area contributed by atoms with Crippen LogP contribution in [0.15, 0.2) is 24.4 Å². The van der Waals surface area contributed by atoms with E-state index in [2.05, 4.69) is 24.9 Å². The van der Waals surface area contributed by atoms with Crippen molar-refractivity contribution in [2.24, 2.45) is 0 Å². The quantitative estimate of drug-likeness (QED) is 0.556. The monoisotopic (exact) mass is 257 g/mol. The molecular weight excluding hydrogens is 234 g/mol. The van der Waals surface area contributed by atoms with Crippen LogP contribution in [-0.2, 0) is 6.42 Å². The first kappa shape index (κ1) is 13.9. The molecule has 19 heavy (non-hydrogen) atoms. The number of ketones is 1. The maximum absolute atomic E-state index is 12.3. The van der Waals surface area contributed by atoms with Crippen LogP contribution in [0, 0.1) is 0 Å². The summed E-state index contributed by atoms with van der Waals surface area (Å²) in [5, 5.41) is 1.08. The number of Topliss-reactive ketones (excluding diaryl/α,β-unsaturated/α-hetero) is 1. The standard InChI is InChI=1S/C17H23NO/c1-3-5-6-7-11-16(19)15-12-18-17-13(4-2)9-8-10-14(15)17/h8-10,12,18H,3-7,11H2,1-2H3. The van der Waals surface area contributed by atoms with Crippen LogP contribution >= 0.6 is 0 Å². The van der Waals surface area contributed by atoms with Gasteiger partial charge in [0.1, 0.15) is 0 Å². The van der Waals surface area contributed by atoms with E-state index in [1.54, 1.807) is 0 Å². The number of para-hydroxylation sites is 1. The third kappa shape index (κ3) is 3.06. The summed E-state index contributed by atoms with van der Waals surface area (Å²) in [7, 11) is 0. The van der Waals surface area contributed by atoms with Crippen LogP contribution in [0.3, 0.4) is 0 Å². The number of carbonyl (C=O) groups is 1. The second-order valence-corrected chi connectivity index (χ2v) is 5.13. The average Bonchev–Trinajstić information content (AvgIpc) is 2.87. The molecule has 0 amide bonds. The molecular formula is C17H23NO. The number of aromatic amines is 1. The largest absolute Gasteiger partial charge is 0.360 e. The minimum absolute atomic E-state index is 0.274. The number of carbonyl (C=O) groups excluding carboxylic acids is 1. The van der Waals surface area contributed by atoms with Crippen molar-refractivity contribution in [1.29, 1.82) is 0 Å². The fourth-order valence-electron chi connectivity index (χ4n) is 2.59. The first-order valence-corrected chi connectivity index (χ1v) is 7.40. The Hall–Kier alpha value is -1.57. The van der Waals surface area contributed by atoms with Gasteiger partial charge in [0, 0.05) is 29.1 Å². The van der Waals surface area contributed by atoms with E-state index in [0.717, 1.165) is 35.7 Å². The Balaban J connectivity index is 2.14. The Morgan fingerprint density at radius 2 is 2.00 bits per heavy atom. The molecule has 2 rings (SSSR count). The van der Waals surface area contributed by atoms with Crippen LogP contribution in [0.4, 0.5) is 0 Å². The third-order valence-electron chi connectivity index (χ3n) is 3.74. The van der Waals surface area contributed by atoms with E-state index in [9.17, 15) is 4.79 Å². The zero-order valence-corrected chi connectivity index (χ0v) is 12.0. The molecule has 0 spiro atoms. The summed E-state index contributed by atoms with van der Waals surface area (Å²) in [5.74, 6) is 0.274. The fourth-order valence-corrected chi connectivity index (χ4v) is 2.59. The van der Waals surface area contributed by atoms with Gasteiger partial charge in [-0.3, -0.25) is 4.79 Å². The number of hydrogen-bond donors (Lipinski definition) is 1. The van der Waals surface area contributed by atoms with Crippen molar-refractivity contribution < 1.29 is 4.79 Å². The SMILES string of the molecule is CCCCCCC(=O)c1c[nH]c2c(CC)cccc12. The van der Waals surface area contributed by atoms with Gasteiger partial charge >= 0.3 is 0 Å². The number of aromatic nitrogens is 1. The van der Waals surface area contributed by atoms with Crippen LogP contribution in [0.5, 0.6) is 0 Å². The molecule has 0 aliphatic heterocycles. The van der Waals surface area contributed by atoms with Crippen molar-refractivity contribution >= 4 is 16.7 Å². The zero-order chi connectivity index (χ0) is 13.7. The van der Waals surface area contributed by atoms with Crippen molar-refractivity contribution in [3.8, 4) is 0 Å². The van der Waals surface area contributed by atoms with Crippen molar-refractivity contribution in [2.75, 3.05) is 0 Å². The normalized spacial score (nSPS) is 11.1. The van der Waals surface area contributed by atoms with Crippen molar-refractivity contribution in [1.82, 2.24) is 4.98 Å². The van der Waals surface area contributed by atoms with Gasteiger partial charge in [-0.05, 0) is 18.4 Å². The number of aryl methyl sites for hydroxylation is 1. The van der Waals surface area contributed by atoms with Crippen molar-refractivity contribution in [3.05, 3.63) is 35.5 Å². The van der Waals surface area contributed by atoms with Gasteiger partial charge in [0.25, 0.3) is 0 Å². The topological polar surface area (TPSA) is 32.9 Å². The van der Waals surface area contributed by atoms with Gasteiger partial charge in [-0.15, -0.1) is 0 Å². The molecule has 102 valence electrons. The summed E-state index contributed by atoms with van der Waals surface area (Å²) >= 11 is 0. The first-order chi connectivity index (χ1) is 9.27. The van der Waals surface area contributed by atoms with Gasteiger partial charge in [0.05, 0.1) is 0 Å². The molecule has 0 saturated carbocycles. The average molecular weight is 257 g/mol. The summed E-state index contributed by atoms with van der Waals surface area (Å²) in [4.78, 5) is 15.5. The molecule has 1 heterocycles. The molecule has 0 unspecified atom stereocenters. The summed E-state index contributed by atoms with van der Waals surface area (Å²) in [6.07, 6.45) is 8.14. The molecule has 1 aromatic heterocycles. The molecule has 0 saturated heterocycles. The van der Waals surface area contributed by atoms with Crippen LogP contribution < -0.4 is 0 Å². The highest BCUT2D eigenvalue weighted by molar-refractivity contribution is 6.08. The fraction of sp³-hybridized carbons (Fsp3) is 0.471. The number of H-pyrrole nitrogens is 1. The van der Waals surface area contributed by atoms with E-state index in [1.807, 2.05) is 18.3 Å².